The van der Waals surface area contributed by atoms with Gasteiger partial charge in [0.25, 0.3) is 5.24 Å². The summed E-state index contributed by atoms with van der Waals surface area (Å²) >= 11 is 0.878. The lowest BCUT2D eigenvalue weighted by Crippen LogP contribution is -2.26. The van der Waals surface area contributed by atoms with Gasteiger partial charge >= 0.3 is 5.63 Å². The number of aromatic nitrogens is 1. The Hall–Kier alpha value is -2.15. The van der Waals surface area contributed by atoms with Gasteiger partial charge in [-0.1, -0.05) is 23.9 Å². The van der Waals surface area contributed by atoms with Gasteiger partial charge in [0, 0.05) is 6.42 Å². The van der Waals surface area contributed by atoms with Gasteiger partial charge in [-0.2, -0.15) is 0 Å². The molecule has 0 radical (unpaired) electrons. The van der Waals surface area contributed by atoms with E-state index < -0.39 is 16.1 Å². The van der Waals surface area contributed by atoms with Crippen LogP contribution in [0.15, 0.2) is 33.5 Å². The highest BCUT2D eigenvalue weighted by Gasteiger charge is 2.32. The molecule has 1 aromatic carbocycles. The van der Waals surface area contributed by atoms with Crippen LogP contribution in [0, 0.1) is 0 Å². The average molecular weight is 276 g/mol. The second-order valence-electron chi connectivity index (χ2n) is 4.00. The third-order valence-electron chi connectivity index (χ3n) is 2.71. The lowest BCUT2D eigenvalue weighted by Gasteiger charge is -2.04. The van der Waals surface area contributed by atoms with Gasteiger partial charge in [0.1, 0.15) is 5.25 Å². The van der Waals surface area contributed by atoms with E-state index in [-0.39, 0.29) is 18.2 Å². The van der Waals surface area contributed by atoms with Crippen molar-refractivity contribution in [2.75, 3.05) is 0 Å². The smallest absolute Gasteiger partial charge is 0.346 e. The molecule has 1 fully saturated rings. The molecular weight excluding hydrogens is 268 g/mol. The van der Waals surface area contributed by atoms with Crippen molar-refractivity contribution >= 4 is 33.8 Å². The summed E-state index contributed by atoms with van der Waals surface area (Å²) in [6.07, 6.45) is 0.113. The van der Waals surface area contributed by atoms with Gasteiger partial charge in [0.2, 0.25) is 11.8 Å². The molecule has 1 N–H and O–H groups in total. The van der Waals surface area contributed by atoms with E-state index in [0.29, 0.717) is 10.9 Å². The molecule has 3 rings (SSSR count). The third kappa shape index (κ3) is 2.24. The molecule has 1 saturated heterocycles. The maximum atomic E-state index is 11.7. The summed E-state index contributed by atoms with van der Waals surface area (Å²) in [6, 6.07) is 6.81. The normalized spacial score (nSPS) is 18.8. The SMILES string of the molecule is O=C1NC(=O)C(Cc2nc3ccccc3c(=O)o2)S1. The summed E-state index contributed by atoms with van der Waals surface area (Å²) in [5.41, 5.74) is 0.0267. The maximum Gasteiger partial charge on any atom is 0.346 e. The predicted molar refractivity (Wildman–Crippen MR) is 68.9 cm³/mol. The van der Waals surface area contributed by atoms with Crippen LogP contribution in [-0.2, 0) is 11.2 Å². The quantitative estimate of drug-likeness (QED) is 0.883. The van der Waals surface area contributed by atoms with E-state index in [2.05, 4.69) is 10.3 Å². The number of para-hydroxylation sites is 1. The van der Waals surface area contributed by atoms with E-state index in [1.54, 1.807) is 24.3 Å². The number of carbonyl (C=O) groups excluding carboxylic acids is 2. The largest absolute Gasteiger partial charge is 0.408 e. The molecule has 0 aliphatic carbocycles. The van der Waals surface area contributed by atoms with Crippen LogP contribution in [0.4, 0.5) is 4.79 Å². The summed E-state index contributed by atoms with van der Waals surface area (Å²) in [5, 5.41) is 1.59. The van der Waals surface area contributed by atoms with Crippen LogP contribution in [-0.4, -0.2) is 21.4 Å². The van der Waals surface area contributed by atoms with Crippen molar-refractivity contribution in [3.8, 4) is 0 Å². The zero-order chi connectivity index (χ0) is 13.4. The lowest BCUT2D eigenvalue weighted by molar-refractivity contribution is -0.119. The first-order valence-electron chi connectivity index (χ1n) is 5.54. The number of fused-ring (bicyclic) bond motifs is 1. The molecule has 0 bridgehead atoms. The van der Waals surface area contributed by atoms with E-state index >= 15 is 0 Å². The Balaban J connectivity index is 1.96. The van der Waals surface area contributed by atoms with E-state index in [1.165, 1.54) is 0 Å². The van der Waals surface area contributed by atoms with Crippen LogP contribution in [0.1, 0.15) is 5.89 Å². The molecule has 1 atom stereocenters. The highest BCUT2D eigenvalue weighted by atomic mass is 32.2. The van der Waals surface area contributed by atoms with Gasteiger partial charge in [0.05, 0.1) is 10.9 Å². The molecule has 6 nitrogen and oxygen atoms in total. The zero-order valence-corrected chi connectivity index (χ0v) is 10.4. The minimum Gasteiger partial charge on any atom is -0.408 e. The highest BCUT2D eigenvalue weighted by Crippen LogP contribution is 2.22. The minimum absolute atomic E-state index is 0.113. The first kappa shape index (κ1) is 11.9. The number of hydrogen-bond donors (Lipinski definition) is 1. The molecule has 0 spiro atoms. The predicted octanol–water partition coefficient (Wildman–Crippen LogP) is 1.08. The molecule has 2 amide bonds. The Kier molecular flexibility index (Phi) is 2.83. The van der Waals surface area contributed by atoms with Crippen LogP contribution in [0.5, 0.6) is 0 Å². The van der Waals surface area contributed by atoms with Crippen molar-refractivity contribution in [1.29, 1.82) is 0 Å². The van der Waals surface area contributed by atoms with Gasteiger partial charge < -0.3 is 4.42 Å². The Morgan fingerprint density at radius 2 is 2.05 bits per heavy atom. The summed E-state index contributed by atoms with van der Waals surface area (Å²) in [4.78, 5) is 38.4. The van der Waals surface area contributed by atoms with Crippen LogP contribution >= 0.6 is 11.8 Å². The number of amides is 2. The van der Waals surface area contributed by atoms with Gasteiger partial charge in [-0.3, -0.25) is 14.9 Å². The van der Waals surface area contributed by atoms with E-state index in [0.717, 1.165) is 11.8 Å². The molecule has 1 aromatic heterocycles. The molecule has 1 aliphatic rings. The van der Waals surface area contributed by atoms with Gasteiger partial charge in [-0.25, -0.2) is 9.78 Å². The number of rotatable bonds is 2. The van der Waals surface area contributed by atoms with E-state index in [9.17, 15) is 14.4 Å². The number of imide groups is 1. The Morgan fingerprint density at radius 1 is 1.26 bits per heavy atom. The Labute approximate surface area is 111 Å². The molecule has 1 unspecified atom stereocenters. The second-order valence-corrected chi connectivity index (χ2v) is 5.18. The third-order valence-corrected chi connectivity index (χ3v) is 3.69. The summed E-state index contributed by atoms with van der Waals surface area (Å²) < 4.78 is 5.06. The summed E-state index contributed by atoms with van der Waals surface area (Å²) in [5.74, 6) is -0.223. The fourth-order valence-electron chi connectivity index (χ4n) is 1.84. The van der Waals surface area contributed by atoms with Gasteiger partial charge in [0.15, 0.2) is 0 Å². The first-order valence-corrected chi connectivity index (χ1v) is 6.42. The number of nitrogens with one attached hydrogen (secondary N) is 1. The Bertz CT molecular complexity index is 740. The topological polar surface area (TPSA) is 89.3 Å². The summed E-state index contributed by atoms with van der Waals surface area (Å²) in [6.45, 7) is 0. The molecule has 1 aliphatic heterocycles. The lowest BCUT2D eigenvalue weighted by atomic mass is 10.2. The van der Waals surface area contributed by atoms with Crippen molar-refractivity contribution in [1.82, 2.24) is 10.3 Å². The number of hydrogen-bond acceptors (Lipinski definition) is 6. The monoisotopic (exact) mass is 276 g/mol. The zero-order valence-electron chi connectivity index (χ0n) is 9.58. The minimum atomic E-state index is -0.593. The fraction of sp³-hybridized carbons (Fsp3) is 0.167. The molecule has 96 valence electrons. The molecule has 2 heterocycles. The van der Waals surface area contributed by atoms with E-state index in [1.807, 2.05) is 0 Å². The molecule has 0 saturated carbocycles. The van der Waals surface area contributed by atoms with Gasteiger partial charge in [-0.15, -0.1) is 0 Å². The van der Waals surface area contributed by atoms with Crippen molar-refractivity contribution in [2.45, 2.75) is 11.7 Å². The Morgan fingerprint density at radius 3 is 2.79 bits per heavy atom. The number of benzene rings is 1. The van der Waals surface area contributed by atoms with Crippen molar-refractivity contribution in [3.63, 3.8) is 0 Å². The molecule has 19 heavy (non-hydrogen) atoms. The maximum absolute atomic E-state index is 11.7. The standard InChI is InChI=1S/C12H8N2O4S/c15-10-8(19-12(17)14-10)5-9-13-7-4-2-1-3-6(7)11(16)18-9/h1-4,8H,5H2,(H,14,15,17). The van der Waals surface area contributed by atoms with Crippen LogP contribution in [0.25, 0.3) is 10.9 Å². The van der Waals surface area contributed by atoms with Crippen LogP contribution < -0.4 is 10.9 Å². The second kappa shape index (κ2) is 4.51. The van der Waals surface area contributed by atoms with Crippen molar-refractivity contribution in [3.05, 3.63) is 40.6 Å². The van der Waals surface area contributed by atoms with Gasteiger partial charge in [-0.05, 0) is 12.1 Å². The number of nitrogens with zero attached hydrogens (tertiary/aromatic N) is 1. The van der Waals surface area contributed by atoms with E-state index in [4.69, 9.17) is 4.42 Å². The first-order chi connectivity index (χ1) is 9.13. The average Bonchev–Trinajstić information content (AvgIpc) is 2.68. The number of carbonyl (C=O) groups is 2. The highest BCUT2D eigenvalue weighted by molar-refractivity contribution is 8.15. The van der Waals surface area contributed by atoms with Crippen LogP contribution in [0.2, 0.25) is 0 Å². The van der Waals surface area contributed by atoms with Crippen molar-refractivity contribution < 1.29 is 14.0 Å². The summed E-state index contributed by atoms with van der Waals surface area (Å²) in [7, 11) is 0. The van der Waals surface area contributed by atoms with Crippen LogP contribution in [0.3, 0.4) is 0 Å². The molecule has 7 heteroatoms. The molecular formula is C12H8N2O4S. The molecule has 2 aromatic rings. The van der Waals surface area contributed by atoms with Crippen molar-refractivity contribution in [2.24, 2.45) is 0 Å². The fourth-order valence-corrected chi connectivity index (χ4v) is 2.65. The number of thioether (sulfide) groups is 1.